The second-order valence-corrected chi connectivity index (χ2v) is 9.57. The molecule has 1 aliphatic rings. The third kappa shape index (κ3) is 4.63. The van der Waals surface area contributed by atoms with E-state index in [1.54, 1.807) is 41.6 Å². The van der Waals surface area contributed by atoms with Gasteiger partial charge < -0.3 is 14.8 Å². The molecule has 0 saturated carbocycles. The fourth-order valence-electron chi connectivity index (χ4n) is 3.43. The van der Waals surface area contributed by atoms with Gasteiger partial charge in [-0.15, -0.1) is 11.8 Å². The summed E-state index contributed by atoms with van der Waals surface area (Å²) in [7, 11) is 3.10. The number of nitrogens with zero attached hydrogens (tertiary/aromatic N) is 2. The number of benzene rings is 2. The first-order valence-electron chi connectivity index (χ1n) is 10.0. The van der Waals surface area contributed by atoms with E-state index >= 15 is 0 Å². The van der Waals surface area contributed by atoms with Crippen LogP contribution in [0.15, 0.2) is 63.4 Å². The fourth-order valence-corrected chi connectivity index (χ4v) is 5.35. The predicted octanol–water partition coefficient (Wildman–Crippen LogP) is 4.02. The number of thioether (sulfide) groups is 2. The van der Waals surface area contributed by atoms with Gasteiger partial charge in [0.25, 0.3) is 5.56 Å². The van der Waals surface area contributed by atoms with Crippen LogP contribution in [0.2, 0.25) is 0 Å². The van der Waals surface area contributed by atoms with Crippen LogP contribution in [0.25, 0.3) is 5.69 Å². The molecule has 1 aliphatic heterocycles. The maximum atomic E-state index is 13.3. The monoisotopic (exact) mass is 469 g/mol. The molecular formula is C23H23N3O4S2. The molecule has 0 bridgehead atoms. The number of hydrogen-bond acceptors (Lipinski definition) is 7. The van der Waals surface area contributed by atoms with E-state index in [0.717, 1.165) is 17.8 Å². The summed E-state index contributed by atoms with van der Waals surface area (Å²) >= 11 is 2.79. The van der Waals surface area contributed by atoms with Crippen molar-refractivity contribution in [2.45, 2.75) is 28.6 Å². The van der Waals surface area contributed by atoms with E-state index in [1.807, 2.05) is 30.3 Å². The Balaban J connectivity index is 1.60. The van der Waals surface area contributed by atoms with Crippen LogP contribution in [-0.4, -0.2) is 40.7 Å². The van der Waals surface area contributed by atoms with Gasteiger partial charge in [-0.2, -0.15) is 0 Å². The fraction of sp³-hybridized carbons (Fsp3) is 0.261. The van der Waals surface area contributed by atoms with Crippen LogP contribution in [0.5, 0.6) is 11.5 Å². The van der Waals surface area contributed by atoms with Gasteiger partial charge in [-0.3, -0.25) is 14.2 Å². The van der Waals surface area contributed by atoms with E-state index in [1.165, 1.54) is 18.9 Å². The number of nitrogens with one attached hydrogen (secondary N) is 1. The van der Waals surface area contributed by atoms with E-state index in [2.05, 4.69) is 12.2 Å². The SMILES string of the molecule is COc1ccc(OC)c(NC(=O)CSc2nc3c(c(=O)n2-c2ccccc2)SC(C)C3)c1. The summed E-state index contributed by atoms with van der Waals surface area (Å²) in [6.07, 6.45) is 0.742. The molecule has 1 N–H and O–H groups in total. The number of amides is 1. The number of anilines is 1. The van der Waals surface area contributed by atoms with Gasteiger partial charge in [-0.25, -0.2) is 4.98 Å². The molecule has 1 atom stereocenters. The molecule has 0 saturated heterocycles. The molecule has 1 amide bonds. The van der Waals surface area contributed by atoms with Gasteiger partial charge in [0, 0.05) is 17.7 Å². The number of para-hydroxylation sites is 1. The number of hydrogen-bond donors (Lipinski definition) is 1. The van der Waals surface area contributed by atoms with E-state index in [4.69, 9.17) is 14.5 Å². The standard InChI is InChI=1S/C23H23N3O4S2/c1-14-11-18-21(32-14)22(28)26(15-7-5-4-6-8-15)23(25-18)31-13-20(27)24-17-12-16(29-2)9-10-19(17)30-3/h4-10,12,14H,11,13H2,1-3H3,(H,24,27). The molecule has 0 radical (unpaired) electrons. The molecule has 32 heavy (non-hydrogen) atoms. The first kappa shape index (κ1) is 22.3. The van der Waals surface area contributed by atoms with Gasteiger partial charge in [-0.05, 0) is 24.3 Å². The number of rotatable bonds is 7. The van der Waals surface area contributed by atoms with Crippen molar-refractivity contribution in [3.8, 4) is 17.2 Å². The van der Waals surface area contributed by atoms with Gasteiger partial charge in [0.15, 0.2) is 5.16 Å². The molecule has 2 aromatic carbocycles. The van der Waals surface area contributed by atoms with Crippen LogP contribution < -0.4 is 20.3 Å². The lowest BCUT2D eigenvalue weighted by molar-refractivity contribution is -0.113. The Hall–Kier alpha value is -2.91. The molecule has 0 spiro atoms. The van der Waals surface area contributed by atoms with Crippen molar-refractivity contribution >= 4 is 35.1 Å². The molecule has 9 heteroatoms. The van der Waals surface area contributed by atoms with Gasteiger partial charge in [0.1, 0.15) is 11.5 Å². The predicted molar refractivity (Wildman–Crippen MR) is 128 cm³/mol. The Kier molecular flexibility index (Phi) is 6.76. The van der Waals surface area contributed by atoms with Crippen LogP contribution >= 0.6 is 23.5 Å². The first-order valence-corrected chi connectivity index (χ1v) is 11.9. The lowest BCUT2D eigenvalue weighted by Crippen LogP contribution is -2.24. The number of carbonyl (C=O) groups is 1. The van der Waals surface area contributed by atoms with Crippen molar-refractivity contribution in [3.05, 3.63) is 64.6 Å². The number of methoxy groups -OCH3 is 2. The molecule has 0 fully saturated rings. The minimum atomic E-state index is -0.237. The maximum Gasteiger partial charge on any atom is 0.272 e. The summed E-state index contributed by atoms with van der Waals surface area (Å²) in [6.45, 7) is 2.08. The van der Waals surface area contributed by atoms with E-state index in [0.29, 0.717) is 32.5 Å². The third-order valence-electron chi connectivity index (χ3n) is 4.91. The van der Waals surface area contributed by atoms with Gasteiger partial charge >= 0.3 is 0 Å². The lowest BCUT2D eigenvalue weighted by Gasteiger charge is -2.14. The van der Waals surface area contributed by atoms with Crippen molar-refractivity contribution in [3.63, 3.8) is 0 Å². The highest BCUT2D eigenvalue weighted by atomic mass is 32.2. The lowest BCUT2D eigenvalue weighted by atomic mass is 10.2. The molecule has 1 aromatic heterocycles. The zero-order chi connectivity index (χ0) is 22.7. The van der Waals surface area contributed by atoms with E-state index < -0.39 is 0 Å². The number of aromatic nitrogens is 2. The summed E-state index contributed by atoms with van der Waals surface area (Å²) in [5.74, 6) is 0.991. The van der Waals surface area contributed by atoms with Crippen LogP contribution in [0.1, 0.15) is 12.6 Å². The molecule has 1 unspecified atom stereocenters. The third-order valence-corrected chi connectivity index (χ3v) is 7.06. The van der Waals surface area contributed by atoms with Crippen molar-refractivity contribution in [2.24, 2.45) is 0 Å². The Morgan fingerprint density at radius 1 is 1.22 bits per heavy atom. The summed E-state index contributed by atoms with van der Waals surface area (Å²) in [4.78, 5) is 31.5. The maximum absolute atomic E-state index is 13.3. The van der Waals surface area contributed by atoms with E-state index in [-0.39, 0.29) is 17.2 Å². The summed E-state index contributed by atoms with van der Waals surface area (Å²) in [6, 6.07) is 14.6. The van der Waals surface area contributed by atoms with Crippen molar-refractivity contribution in [1.82, 2.24) is 9.55 Å². The molecule has 7 nitrogen and oxygen atoms in total. The minimum Gasteiger partial charge on any atom is -0.497 e. The molecular weight excluding hydrogens is 446 g/mol. The average molecular weight is 470 g/mol. The van der Waals surface area contributed by atoms with Gasteiger partial charge in [0.05, 0.1) is 41.9 Å². The molecule has 3 aromatic rings. The summed E-state index contributed by atoms with van der Waals surface area (Å²) in [5.41, 5.74) is 1.96. The molecule has 2 heterocycles. The van der Waals surface area contributed by atoms with Crippen molar-refractivity contribution in [2.75, 3.05) is 25.3 Å². The zero-order valence-corrected chi connectivity index (χ0v) is 19.6. The number of carbonyl (C=O) groups excluding carboxylic acids is 1. The highest BCUT2D eigenvalue weighted by molar-refractivity contribution is 8.00. The second kappa shape index (κ2) is 9.70. The second-order valence-electron chi connectivity index (χ2n) is 7.18. The number of ether oxygens (including phenoxy) is 2. The topological polar surface area (TPSA) is 82.5 Å². The Morgan fingerprint density at radius 2 is 2.00 bits per heavy atom. The zero-order valence-electron chi connectivity index (χ0n) is 18.0. The van der Waals surface area contributed by atoms with Gasteiger partial charge in [0.2, 0.25) is 5.91 Å². The van der Waals surface area contributed by atoms with Crippen molar-refractivity contribution < 1.29 is 14.3 Å². The minimum absolute atomic E-state index is 0.0844. The number of fused-ring (bicyclic) bond motifs is 1. The van der Waals surface area contributed by atoms with Crippen molar-refractivity contribution in [1.29, 1.82) is 0 Å². The normalized spacial score (nSPS) is 14.7. The average Bonchev–Trinajstić information content (AvgIpc) is 3.18. The van der Waals surface area contributed by atoms with E-state index in [9.17, 15) is 9.59 Å². The van der Waals surface area contributed by atoms with Crippen LogP contribution in [-0.2, 0) is 11.2 Å². The quantitative estimate of drug-likeness (QED) is 0.413. The summed E-state index contributed by atoms with van der Waals surface area (Å²) < 4.78 is 12.1. The molecule has 4 rings (SSSR count). The molecule has 166 valence electrons. The Bertz CT molecular complexity index is 1200. The summed E-state index contributed by atoms with van der Waals surface area (Å²) in [5, 5.41) is 3.66. The Labute approximate surface area is 194 Å². The largest absolute Gasteiger partial charge is 0.497 e. The van der Waals surface area contributed by atoms with Gasteiger partial charge in [-0.1, -0.05) is 36.9 Å². The van der Waals surface area contributed by atoms with Crippen LogP contribution in [0.4, 0.5) is 5.69 Å². The smallest absolute Gasteiger partial charge is 0.272 e. The Morgan fingerprint density at radius 3 is 2.72 bits per heavy atom. The molecule has 0 aliphatic carbocycles. The highest BCUT2D eigenvalue weighted by Gasteiger charge is 2.27. The van der Waals surface area contributed by atoms with Crippen LogP contribution in [0.3, 0.4) is 0 Å². The first-order chi connectivity index (χ1) is 15.5. The van der Waals surface area contributed by atoms with Crippen LogP contribution in [0, 0.1) is 0 Å². The highest BCUT2D eigenvalue weighted by Crippen LogP contribution is 2.35.